The highest BCUT2D eigenvalue weighted by molar-refractivity contribution is 5.33. The molecule has 0 radical (unpaired) electrons. The van der Waals surface area contributed by atoms with Gasteiger partial charge in [-0.05, 0) is 37.6 Å². The molecule has 2 rings (SSSR count). The third-order valence-corrected chi connectivity index (χ3v) is 3.34. The molecular formula is C14H20FNO2. The largest absolute Gasteiger partial charge is 0.376 e. The molecule has 1 N–H and O–H groups in total. The Labute approximate surface area is 107 Å². The molecule has 2 unspecified atom stereocenters. The van der Waals surface area contributed by atoms with Crippen molar-refractivity contribution in [3.05, 3.63) is 34.6 Å². The van der Waals surface area contributed by atoms with Crippen molar-refractivity contribution in [1.82, 2.24) is 5.32 Å². The fraction of sp³-hybridized carbons (Fsp3) is 0.571. The van der Waals surface area contributed by atoms with E-state index in [9.17, 15) is 4.39 Å². The lowest BCUT2D eigenvalue weighted by Gasteiger charge is -2.31. The Hall–Kier alpha value is -0.970. The molecule has 100 valence electrons. The summed E-state index contributed by atoms with van der Waals surface area (Å²) in [6, 6.07) is 3.78. The first-order valence-electron chi connectivity index (χ1n) is 6.26. The van der Waals surface area contributed by atoms with Crippen LogP contribution in [-0.4, -0.2) is 33.0 Å². The molecule has 3 nitrogen and oxygen atoms in total. The maximum atomic E-state index is 13.6. The summed E-state index contributed by atoms with van der Waals surface area (Å²) in [5.41, 5.74) is 2.38. The van der Waals surface area contributed by atoms with Crippen molar-refractivity contribution in [1.29, 1.82) is 0 Å². The van der Waals surface area contributed by atoms with Gasteiger partial charge in [0.25, 0.3) is 0 Å². The molecule has 0 aromatic heterocycles. The minimum absolute atomic E-state index is 0.0204. The first kappa shape index (κ1) is 13.5. The summed E-state index contributed by atoms with van der Waals surface area (Å²) < 4.78 is 24.8. The molecule has 4 heteroatoms. The van der Waals surface area contributed by atoms with E-state index >= 15 is 0 Å². The van der Waals surface area contributed by atoms with Gasteiger partial charge in [0, 0.05) is 0 Å². The first-order chi connectivity index (χ1) is 8.63. The number of hydrogen-bond acceptors (Lipinski definition) is 3. The van der Waals surface area contributed by atoms with E-state index in [1.807, 2.05) is 19.2 Å². The lowest BCUT2D eigenvalue weighted by molar-refractivity contribution is -0.101. The van der Waals surface area contributed by atoms with Gasteiger partial charge in [-0.15, -0.1) is 0 Å². The number of hydrogen-bond donors (Lipinski definition) is 1. The van der Waals surface area contributed by atoms with Gasteiger partial charge in [0.15, 0.2) is 0 Å². The van der Waals surface area contributed by atoms with Crippen molar-refractivity contribution < 1.29 is 13.9 Å². The molecule has 1 heterocycles. The fourth-order valence-corrected chi connectivity index (χ4v) is 2.42. The third kappa shape index (κ3) is 2.71. The van der Waals surface area contributed by atoms with Crippen LogP contribution in [0.15, 0.2) is 12.1 Å². The minimum atomic E-state index is -0.130. The predicted octanol–water partition coefficient (Wildman–Crippen LogP) is 2.12. The summed E-state index contributed by atoms with van der Waals surface area (Å²) in [5, 5.41) is 3.23. The van der Waals surface area contributed by atoms with Crippen molar-refractivity contribution >= 4 is 0 Å². The van der Waals surface area contributed by atoms with Crippen LogP contribution in [0.1, 0.15) is 22.7 Å². The monoisotopic (exact) mass is 253 g/mol. The van der Waals surface area contributed by atoms with Crippen LogP contribution >= 0.6 is 0 Å². The highest BCUT2D eigenvalue weighted by Gasteiger charge is 2.26. The normalized spacial score (nSPS) is 21.9. The Morgan fingerprint density at radius 3 is 2.44 bits per heavy atom. The van der Waals surface area contributed by atoms with E-state index in [-0.39, 0.29) is 18.0 Å². The Kier molecular flexibility index (Phi) is 4.32. The summed E-state index contributed by atoms with van der Waals surface area (Å²) >= 11 is 0. The van der Waals surface area contributed by atoms with Gasteiger partial charge >= 0.3 is 0 Å². The van der Waals surface area contributed by atoms with Crippen molar-refractivity contribution in [2.24, 2.45) is 0 Å². The standard InChI is InChI=1S/C14H20FNO2/c1-9-6-11(7-10(2)13(9)15)14(16-3)12-8-17-4-5-18-12/h6-7,12,14,16H,4-5,8H2,1-3H3. The van der Waals surface area contributed by atoms with Crippen LogP contribution in [0.4, 0.5) is 4.39 Å². The molecule has 0 saturated carbocycles. The molecule has 0 amide bonds. The van der Waals surface area contributed by atoms with Crippen LogP contribution in [-0.2, 0) is 9.47 Å². The van der Waals surface area contributed by atoms with Gasteiger partial charge in [-0.25, -0.2) is 4.39 Å². The Bertz CT molecular complexity index is 393. The average Bonchev–Trinajstić information content (AvgIpc) is 2.38. The van der Waals surface area contributed by atoms with Gasteiger partial charge in [-0.3, -0.25) is 0 Å². The number of rotatable bonds is 3. The number of aryl methyl sites for hydroxylation is 2. The Morgan fingerprint density at radius 1 is 1.28 bits per heavy atom. The molecular weight excluding hydrogens is 233 g/mol. The predicted molar refractivity (Wildman–Crippen MR) is 68.2 cm³/mol. The lowest BCUT2D eigenvalue weighted by atomic mass is 9.97. The third-order valence-electron chi connectivity index (χ3n) is 3.34. The van der Waals surface area contributed by atoms with E-state index in [4.69, 9.17) is 9.47 Å². The molecule has 0 bridgehead atoms. The van der Waals surface area contributed by atoms with Crippen molar-refractivity contribution in [3.63, 3.8) is 0 Å². The number of ether oxygens (including phenoxy) is 2. The molecule has 1 aromatic carbocycles. The summed E-state index contributed by atoms with van der Waals surface area (Å²) in [4.78, 5) is 0. The van der Waals surface area contributed by atoms with Crippen molar-refractivity contribution in [3.8, 4) is 0 Å². The summed E-state index contributed by atoms with van der Waals surface area (Å²) in [5.74, 6) is -0.130. The maximum absolute atomic E-state index is 13.6. The van der Waals surface area contributed by atoms with E-state index in [0.29, 0.717) is 30.9 Å². The summed E-state index contributed by atoms with van der Waals surface area (Å²) in [7, 11) is 1.89. The van der Waals surface area contributed by atoms with Gasteiger partial charge in [0.2, 0.25) is 0 Å². The van der Waals surface area contributed by atoms with Crippen LogP contribution in [0.25, 0.3) is 0 Å². The molecule has 18 heavy (non-hydrogen) atoms. The van der Waals surface area contributed by atoms with Gasteiger partial charge in [0.1, 0.15) is 11.9 Å². The van der Waals surface area contributed by atoms with Crippen LogP contribution in [0.5, 0.6) is 0 Å². The Balaban J connectivity index is 2.26. The fourth-order valence-electron chi connectivity index (χ4n) is 2.42. The molecule has 2 atom stereocenters. The van der Waals surface area contributed by atoms with E-state index in [1.165, 1.54) is 0 Å². The number of likely N-dealkylation sites (N-methyl/N-ethyl adjacent to an activating group) is 1. The molecule has 1 aliphatic heterocycles. The quantitative estimate of drug-likeness (QED) is 0.895. The lowest BCUT2D eigenvalue weighted by Crippen LogP contribution is -2.39. The molecule has 0 aliphatic carbocycles. The van der Waals surface area contributed by atoms with E-state index < -0.39 is 0 Å². The van der Waals surface area contributed by atoms with Gasteiger partial charge < -0.3 is 14.8 Å². The summed E-state index contributed by atoms with van der Waals surface area (Å²) in [6.07, 6.45) is -0.0204. The summed E-state index contributed by atoms with van der Waals surface area (Å²) in [6.45, 7) is 5.41. The molecule has 0 spiro atoms. The molecule has 1 aromatic rings. The Morgan fingerprint density at radius 2 is 1.94 bits per heavy atom. The van der Waals surface area contributed by atoms with E-state index in [0.717, 1.165) is 5.56 Å². The zero-order valence-electron chi connectivity index (χ0n) is 11.1. The SMILES string of the molecule is CNC(c1cc(C)c(F)c(C)c1)C1COCCO1. The van der Waals surface area contributed by atoms with Crippen LogP contribution in [0.2, 0.25) is 0 Å². The first-order valence-corrected chi connectivity index (χ1v) is 6.26. The van der Waals surface area contributed by atoms with E-state index in [1.54, 1.807) is 13.8 Å². The second-order valence-electron chi connectivity index (χ2n) is 4.72. The molecule has 1 saturated heterocycles. The second-order valence-corrected chi connectivity index (χ2v) is 4.72. The van der Waals surface area contributed by atoms with Gasteiger partial charge in [-0.2, -0.15) is 0 Å². The number of benzene rings is 1. The van der Waals surface area contributed by atoms with Crippen LogP contribution < -0.4 is 5.32 Å². The van der Waals surface area contributed by atoms with Crippen molar-refractivity contribution in [2.75, 3.05) is 26.9 Å². The maximum Gasteiger partial charge on any atom is 0.129 e. The number of nitrogens with one attached hydrogen (secondary N) is 1. The molecule has 1 fully saturated rings. The highest BCUT2D eigenvalue weighted by Crippen LogP contribution is 2.25. The topological polar surface area (TPSA) is 30.5 Å². The smallest absolute Gasteiger partial charge is 0.129 e. The van der Waals surface area contributed by atoms with Crippen LogP contribution in [0.3, 0.4) is 0 Å². The van der Waals surface area contributed by atoms with E-state index in [2.05, 4.69) is 5.32 Å². The van der Waals surface area contributed by atoms with Gasteiger partial charge in [-0.1, -0.05) is 12.1 Å². The number of halogens is 1. The average molecular weight is 253 g/mol. The zero-order chi connectivity index (χ0) is 13.1. The van der Waals surface area contributed by atoms with Crippen molar-refractivity contribution in [2.45, 2.75) is 26.0 Å². The van der Waals surface area contributed by atoms with Crippen LogP contribution in [0, 0.1) is 19.7 Å². The highest BCUT2D eigenvalue weighted by atomic mass is 19.1. The minimum Gasteiger partial charge on any atom is -0.376 e. The zero-order valence-corrected chi connectivity index (χ0v) is 11.1. The molecule has 1 aliphatic rings. The van der Waals surface area contributed by atoms with Gasteiger partial charge in [0.05, 0.1) is 25.9 Å². The second kappa shape index (κ2) is 5.78.